The molecule has 0 unspecified atom stereocenters. The average Bonchev–Trinajstić information content (AvgIpc) is 2.87. The molecule has 3 aromatic rings. The zero-order valence-electron chi connectivity index (χ0n) is 20.4. The summed E-state index contributed by atoms with van der Waals surface area (Å²) in [5.41, 5.74) is 4.73. The van der Waals surface area contributed by atoms with Crippen LogP contribution in [-0.2, 0) is 16.1 Å². The van der Waals surface area contributed by atoms with Gasteiger partial charge in [0.25, 0.3) is 11.5 Å². The number of amides is 1. The molecule has 0 radical (unpaired) electrons. The molecule has 0 aliphatic carbocycles. The largest absolute Gasteiger partial charge is 0.456 e. The molecule has 1 heterocycles. The molecule has 10 nitrogen and oxygen atoms in total. The number of aromatic nitrogens is 2. The van der Waals surface area contributed by atoms with Crippen LogP contribution in [0.1, 0.15) is 43.5 Å². The third-order valence-corrected chi connectivity index (χ3v) is 5.37. The minimum Gasteiger partial charge on any atom is -0.456 e. The van der Waals surface area contributed by atoms with Crippen LogP contribution in [0.4, 0.5) is 11.5 Å². The maximum absolute atomic E-state index is 13.1. The average molecular weight is 495 g/mol. The molecular formula is C26H30N4O6. The molecule has 0 saturated carbocycles. The Bertz CT molecular complexity index is 1320. The number of nitrogens with two attached hydrogens (primary N) is 1. The molecule has 1 aromatic heterocycles. The van der Waals surface area contributed by atoms with Gasteiger partial charge >= 0.3 is 11.7 Å². The van der Waals surface area contributed by atoms with Crippen LogP contribution in [0.5, 0.6) is 11.5 Å². The first-order valence-electron chi connectivity index (χ1n) is 11.8. The summed E-state index contributed by atoms with van der Waals surface area (Å²) in [6.45, 7) is 3.59. The minimum atomic E-state index is -0.776. The minimum absolute atomic E-state index is 0.108. The Morgan fingerprint density at radius 1 is 1.00 bits per heavy atom. The number of rotatable bonds is 11. The summed E-state index contributed by atoms with van der Waals surface area (Å²) in [6.07, 6.45) is 1.90. The molecule has 0 aliphatic heterocycles. The zero-order valence-corrected chi connectivity index (χ0v) is 20.4. The Hall–Kier alpha value is -4.34. The van der Waals surface area contributed by atoms with Gasteiger partial charge in [-0.2, -0.15) is 0 Å². The lowest BCUT2D eigenvalue weighted by Crippen LogP contribution is -2.43. The van der Waals surface area contributed by atoms with E-state index in [4.69, 9.17) is 15.2 Å². The van der Waals surface area contributed by atoms with E-state index in [2.05, 4.69) is 4.98 Å². The van der Waals surface area contributed by atoms with E-state index in [9.17, 15) is 19.2 Å². The highest BCUT2D eigenvalue weighted by Crippen LogP contribution is 2.26. The number of hydrogen-bond acceptors (Lipinski definition) is 7. The first-order chi connectivity index (χ1) is 17.4. The molecule has 0 fully saturated rings. The molecule has 0 bridgehead atoms. The van der Waals surface area contributed by atoms with Crippen LogP contribution < -0.4 is 26.6 Å². The van der Waals surface area contributed by atoms with Gasteiger partial charge < -0.3 is 20.1 Å². The standard InChI is InChI=1S/C26H30N4O6/c1-3-5-16-29(22-23(27)30(15-4-2)26(34)28-24(22)32)21(31)17-35-25(33)19-13-9-10-14-20(19)36-18-11-7-6-8-12-18/h6-14H,3-5,15-17,27H2,1-2H3,(H,28,32,34). The highest BCUT2D eigenvalue weighted by Gasteiger charge is 2.25. The number of anilines is 2. The summed E-state index contributed by atoms with van der Waals surface area (Å²) in [5, 5.41) is 0. The molecule has 36 heavy (non-hydrogen) atoms. The van der Waals surface area contributed by atoms with Gasteiger partial charge in [0.05, 0.1) is 0 Å². The van der Waals surface area contributed by atoms with Crippen molar-refractivity contribution in [3.63, 3.8) is 0 Å². The highest BCUT2D eigenvalue weighted by atomic mass is 16.5. The van der Waals surface area contributed by atoms with Gasteiger partial charge in [-0.15, -0.1) is 0 Å². The number of nitrogens with one attached hydrogen (secondary N) is 1. The Morgan fingerprint density at radius 3 is 2.39 bits per heavy atom. The van der Waals surface area contributed by atoms with Crippen molar-refractivity contribution in [1.29, 1.82) is 0 Å². The number of ether oxygens (including phenoxy) is 2. The number of carbonyl (C=O) groups excluding carboxylic acids is 2. The summed E-state index contributed by atoms with van der Waals surface area (Å²) in [5.74, 6) is -0.698. The summed E-state index contributed by atoms with van der Waals surface area (Å²) in [4.78, 5) is 54.2. The van der Waals surface area contributed by atoms with Gasteiger partial charge in [-0.05, 0) is 37.1 Å². The molecular weight excluding hydrogens is 464 g/mol. The van der Waals surface area contributed by atoms with E-state index in [0.29, 0.717) is 18.6 Å². The monoisotopic (exact) mass is 494 g/mol. The first-order valence-corrected chi connectivity index (χ1v) is 11.8. The van der Waals surface area contributed by atoms with Gasteiger partial charge in [0.2, 0.25) is 0 Å². The molecule has 0 spiro atoms. The van der Waals surface area contributed by atoms with Crippen molar-refractivity contribution < 1.29 is 19.1 Å². The van der Waals surface area contributed by atoms with Gasteiger partial charge in [-0.3, -0.25) is 19.1 Å². The first kappa shape index (κ1) is 26.3. The molecule has 3 rings (SSSR count). The van der Waals surface area contributed by atoms with E-state index in [1.165, 1.54) is 15.5 Å². The van der Waals surface area contributed by atoms with Crippen molar-refractivity contribution in [2.24, 2.45) is 0 Å². The van der Waals surface area contributed by atoms with Crippen molar-refractivity contribution in [3.8, 4) is 11.5 Å². The number of para-hydroxylation sites is 2. The molecule has 0 aliphatic rings. The smallest absolute Gasteiger partial charge is 0.342 e. The normalized spacial score (nSPS) is 10.6. The van der Waals surface area contributed by atoms with Crippen molar-refractivity contribution in [1.82, 2.24) is 9.55 Å². The number of nitrogens with zero attached hydrogens (tertiary/aromatic N) is 2. The van der Waals surface area contributed by atoms with Crippen LogP contribution in [0.3, 0.4) is 0 Å². The van der Waals surface area contributed by atoms with E-state index in [0.717, 1.165) is 6.42 Å². The molecule has 2 aromatic carbocycles. The molecule has 0 atom stereocenters. The molecule has 0 saturated heterocycles. The van der Waals surface area contributed by atoms with Crippen LogP contribution in [0, 0.1) is 0 Å². The summed E-state index contributed by atoms with van der Waals surface area (Å²) in [6, 6.07) is 15.5. The van der Waals surface area contributed by atoms with Crippen LogP contribution in [0.25, 0.3) is 0 Å². The number of unbranched alkanes of at least 4 members (excludes halogenated alkanes) is 1. The van der Waals surface area contributed by atoms with E-state index < -0.39 is 29.7 Å². The summed E-state index contributed by atoms with van der Waals surface area (Å²) < 4.78 is 12.3. The van der Waals surface area contributed by atoms with Gasteiger partial charge in [0, 0.05) is 13.1 Å². The summed E-state index contributed by atoms with van der Waals surface area (Å²) in [7, 11) is 0. The predicted molar refractivity (Wildman–Crippen MR) is 137 cm³/mol. The van der Waals surface area contributed by atoms with Crippen LogP contribution >= 0.6 is 0 Å². The molecule has 3 N–H and O–H groups in total. The maximum Gasteiger partial charge on any atom is 0.342 e. The van der Waals surface area contributed by atoms with Crippen LogP contribution in [-0.4, -0.2) is 34.6 Å². The number of esters is 1. The maximum atomic E-state index is 13.1. The van der Waals surface area contributed by atoms with E-state index >= 15 is 0 Å². The number of aromatic amines is 1. The van der Waals surface area contributed by atoms with Gasteiger partial charge in [0.15, 0.2) is 12.3 Å². The topological polar surface area (TPSA) is 137 Å². The molecule has 190 valence electrons. The predicted octanol–water partition coefficient (Wildman–Crippen LogP) is 3.31. The van der Waals surface area contributed by atoms with Crippen molar-refractivity contribution in [3.05, 3.63) is 81.0 Å². The number of nitrogen functional groups attached to an aromatic ring is 1. The van der Waals surface area contributed by atoms with Crippen LogP contribution in [0.15, 0.2) is 64.2 Å². The van der Waals surface area contributed by atoms with Crippen molar-refractivity contribution in [2.75, 3.05) is 23.8 Å². The number of benzene rings is 2. The third-order valence-electron chi connectivity index (χ3n) is 5.37. The number of carbonyl (C=O) groups is 2. The van der Waals surface area contributed by atoms with E-state index in [1.54, 1.807) is 42.5 Å². The summed E-state index contributed by atoms with van der Waals surface area (Å²) >= 11 is 0. The Morgan fingerprint density at radius 2 is 1.69 bits per heavy atom. The SMILES string of the molecule is CCCCN(C(=O)COC(=O)c1ccccc1Oc1ccccc1)c1c(N)n(CCC)c(=O)[nH]c1=O. The molecule has 10 heteroatoms. The third kappa shape index (κ3) is 6.21. The fourth-order valence-corrected chi connectivity index (χ4v) is 3.58. The lowest BCUT2D eigenvalue weighted by atomic mass is 10.2. The highest BCUT2D eigenvalue weighted by molar-refractivity contribution is 5.99. The Labute approximate surface area is 208 Å². The second-order valence-corrected chi connectivity index (χ2v) is 8.03. The fraction of sp³-hybridized carbons (Fsp3) is 0.308. The van der Waals surface area contributed by atoms with E-state index in [1.807, 2.05) is 19.9 Å². The van der Waals surface area contributed by atoms with E-state index in [-0.39, 0.29) is 35.9 Å². The quantitative estimate of drug-likeness (QED) is 0.390. The lowest BCUT2D eigenvalue weighted by molar-refractivity contribution is -0.121. The lowest BCUT2D eigenvalue weighted by Gasteiger charge is -2.24. The zero-order chi connectivity index (χ0) is 26.1. The molecule has 1 amide bonds. The van der Waals surface area contributed by atoms with Gasteiger partial charge in [0.1, 0.15) is 22.9 Å². The van der Waals surface area contributed by atoms with Crippen LogP contribution in [0.2, 0.25) is 0 Å². The van der Waals surface area contributed by atoms with Crippen molar-refractivity contribution in [2.45, 2.75) is 39.7 Å². The van der Waals surface area contributed by atoms with Gasteiger partial charge in [-0.25, -0.2) is 9.59 Å². The second-order valence-electron chi connectivity index (χ2n) is 8.03. The Balaban J connectivity index is 1.82. The van der Waals surface area contributed by atoms with Crippen molar-refractivity contribution >= 4 is 23.4 Å². The fourth-order valence-electron chi connectivity index (χ4n) is 3.58. The second kappa shape index (κ2) is 12.4. The number of H-pyrrole nitrogens is 1. The Kier molecular flexibility index (Phi) is 9.04. The number of hydrogen-bond donors (Lipinski definition) is 2. The van der Waals surface area contributed by atoms with Gasteiger partial charge in [-0.1, -0.05) is 50.6 Å².